The van der Waals surface area contributed by atoms with Crippen molar-refractivity contribution >= 4 is 11.9 Å². The molecule has 1 fully saturated rings. The molecule has 2 unspecified atom stereocenters. The van der Waals surface area contributed by atoms with Crippen LogP contribution in [0, 0.1) is 11.8 Å². The average molecular weight is 269 g/mol. The van der Waals surface area contributed by atoms with Crippen LogP contribution in [0.3, 0.4) is 0 Å². The van der Waals surface area contributed by atoms with Crippen molar-refractivity contribution in [3.8, 4) is 0 Å². The number of carbonyl (C=O) groups excluding carboxylic acids is 1. The number of likely N-dealkylation sites (tertiary alicyclic amines) is 1. The van der Waals surface area contributed by atoms with E-state index in [4.69, 9.17) is 5.11 Å². The highest BCUT2D eigenvalue weighted by molar-refractivity contribution is 5.77. The molecule has 1 N–H and O–H groups in total. The maximum Gasteiger partial charge on any atom is 0.303 e. The molecule has 0 saturated carbocycles. The zero-order chi connectivity index (χ0) is 14.3. The zero-order valence-electron chi connectivity index (χ0n) is 12.2. The Morgan fingerprint density at radius 1 is 1.26 bits per heavy atom. The Labute approximate surface area is 116 Å². The minimum absolute atomic E-state index is 0.0697. The van der Waals surface area contributed by atoms with Gasteiger partial charge in [0.1, 0.15) is 0 Å². The number of carboxylic acid groups (broad SMARTS) is 1. The van der Waals surface area contributed by atoms with Crippen LogP contribution >= 0.6 is 0 Å². The van der Waals surface area contributed by atoms with E-state index >= 15 is 0 Å². The normalized spacial score (nSPS) is 21.8. The van der Waals surface area contributed by atoms with E-state index in [1.54, 1.807) is 0 Å². The fraction of sp³-hybridized carbons (Fsp3) is 0.867. The lowest BCUT2D eigenvalue weighted by Crippen LogP contribution is -2.33. The zero-order valence-corrected chi connectivity index (χ0v) is 12.2. The molecule has 0 aromatic rings. The van der Waals surface area contributed by atoms with Crippen LogP contribution in [0.1, 0.15) is 58.8 Å². The van der Waals surface area contributed by atoms with Crippen LogP contribution in [0.5, 0.6) is 0 Å². The predicted molar refractivity (Wildman–Crippen MR) is 74.9 cm³/mol. The van der Waals surface area contributed by atoms with Crippen LogP contribution in [0.25, 0.3) is 0 Å². The first kappa shape index (κ1) is 16.0. The van der Waals surface area contributed by atoms with Gasteiger partial charge in [0.15, 0.2) is 0 Å². The molecule has 0 bridgehead atoms. The Kier molecular flexibility index (Phi) is 6.89. The third-order valence-electron chi connectivity index (χ3n) is 3.94. The molecule has 2 atom stereocenters. The number of hydrogen-bond acceptors (Lipinski definition) is 2. The molecule has 0 aliphatic carbocycles. The summed E-state index contributed by atoms with van der Waals surface area (Å²) in [7, 11) is 0. The monoisotopic (exact) mass is 269 g/mol. The van der Waals surface area contributed by atoms with Crippen molar-refractivity contribution in [3.05, 3.63) is 0 Å². The van der Waals surface area contributed by atoms with Gasteiger partial charge in [-0.1, -0.05) is 26.7 Å². The molecule has 4 heteroatoms. The molecule has 0 aromatic heterocycles. The number of hydrogen-bond donors (Lipinski definition) is 1. The first-order valence-corrected chi connectivity index (χ1v) is 7.52. The second kappa shape index (κ2) is 8.18. The van der Waals surface area contributed by atoms with Crippen LogP contribution in [0.2, 0.25) is 0 Å². The topological polar surface area (TPSA) is 57.6 Å². The van der Waals surface area contributed by atoms with Crippen molar-refractivity contribution in [2.45, 2.75) is 58.8 Å². The quantitative estimate of drug-likeness (QED) is 0.806. The summed E-state index contributed by atoms with van der Waals surface area (Å²) in [6, 6.07) is 0. The van der Waals surface area contributed by atoms with Crippen LogP contribution < -0.4 is 0 Å². The molecule has 1 saturated heterocycles. The molecule has 1 heterocycles. The van der Waals surface area contributed by atoms with Crippen molar-refractivity contribution in [1.82, 2.24) is 4.90 Å². The Hall–Kier alpha value is -1.06. The maximum atomic E-state index is 12.1. The minimum atomic E-state index is -0.820. The van der Waals surface area contributed by atoms with Crippen molar-refractivity contribution in [2.75, 3.05) is 13.1 Å². The first-order chi connectivity index (χ1) is 9.02. The Bertz CT molecular complexity index is 304. The lowest BCUT2D eigenvalue weighted by atomic mass is 9.96. The first-order valence-electron chi connectivity index (χ1n) is 7.52. The number of rotatable bonds is 6. The molecule has 0 aromatic carbocycles. The van der Waals surface area contributed by atoms with Gasteiger partial charge in [0, 0.05) is 25.9 Å². The lowest BCUT2D eigenvalue weighted by Gasteiger charge is -2.22. The number of carboxylic acids is 1. The fourth-order valence-corrected chi connectivity index (χ4v) is 2.91. The van der Waals surface area contributed by atoms with E-state index in [0.29, 0.717) is 6.42 Å². The van der Waals surface area contributed by atoms with Gasteiger partial charge >= 0.3 is 5.97 Å². The molecule has 1 aliphatic rings. The van der Waals surface area contributed by atoms with E-state index in [2.05, 4.69) is 6.92 Å². The van der Waals surface area contributed by atoms with Gasteiger partial charge in [-0.25, -0.2) is 0 Å². The predicted octanol–water partition coefficient (Wildman–Crippen LogP) is 2.92. The van der Waals surface area contributed by atoms with Gasteiger partial charge in [-0.2, -0.15) is 0 Å². The summed E-state index contributed by atoms with van der Waals surface area (Å²) in [5.74, 6) is 0.00371. The number of aliphatic carboxylic acids is 1. The number of nitrogens with zero attached hydrogens (tertiary/aromatic N) is 1. The van der Waals surface area contributed by atoms with Crippen LogP contribution in [-0.2, 0) is 9.59 Å². The Morgan fingerprint density at radius 2 is 2.00 bits per heavy atom. The van der Waals surface area contributed by atoms with Gasteiger partial charge < -0.3 is 10.0 Å². The summed E-state index contributed by atoms with van der Waals surface area (Å²) in [6.45, 7) is 5.74. The van der Waals surface area contributed by atoms with Crippen LogP contribution in [-0.4, -0.2) is 35.0 Å². The van der Waals surface area contributed by atoms with Gasteiger partial charge in [-0.05, 0) is 31.1 Å². The molecular weight excluding hydrogens is 242 g/mol. The SMILES string of the molecule is CCCC1CCCN(C(=O)CC(C)CC(=O)O)CC1. The molecule has 0 spiro atoms. The molecule has 19 heavy (non-hydrogen) atoms. The van der Waals surface area contributed by atoms with E-state index in [1.807, 2.05) is 11.8 Å². The van der Waals surface area contributed by atoms with Crippen LogP contribution in [0.15, 0.2) is 0 Å². The fourth-order valence-electron chi connectivity index (χ4n) is 2.91. The second-order valence-electron chi connectivity index (χ2n) is 5.87. The summed E-state index contributed by atoms with van der Waals surface area (Å²) in [5, 5.41) is 8.72. The molecular formula is C15H27NO3. The van der Waals surface area contributed by atoms with E-state index in [0.717, 1.165) is 31.8 Å². The summed E-state index contributed by atoms with van der Waals surface area (Å²) < 4.78 is 0. The number of amides is 1. The molecule has 4 nitrogen and oxygen atoms in total. The van der Waals surface area contributed by atoms with Gasteiger partial charge in [0.2, 0.25) is 5.91 Å². The van der Waals surface area contributed by atoms with E-state index < -0.39 is 5.97 Å². The van der Waals surface area contributed by atoms with Crippen molar-refractivity contribution in [1.29, 1.82) is 0 Å². The van der Waals surface area contributed by atoms with Gasteiger partial charge in [-0.15, -0.1) is 0 Å². The van der Waals surface area contributed by atoms with Gasteiger partial charge in [-0.3, -0.25) is 9.59 Å². The lowest BCUT2D eigenvalue weighted by molar-refractivity contribution is -0.138. The van der Waals surface area contributed by atoms with E-state index in [-0.39, 0.29) is 18.2 Å². The summed E-state index contributed by atoms with van der Waals surface area (Å²) in [6.07, 6.45) is 6.34. The highest BCUT2D eigenvalue weighted by atomic mass is 16.4. The van der Waals surface area contributed by atoms with Gasteiger partial charge in [0.25, 0.3) is 0 Å². The van der Waals surface area contributed by atoms with E-state index in [9.17, 15) is 9.59 Å². The molecule has 1 amide bonds. The molecule has 110 valence electrons. The minimum Gasteiger partial charge on any atom is -0.481 e. The van der Waals surface area contributed by atoms with Crippen molar-refractivity contribution < 1.29 is 14.7 Å². The largest absolute Gasteiger partial charge is 0.481 e. The molecule has 1 rings (SSSR count). The van der Waals surface area contributed by atoms with Gasteiger partial charge in [0.05, 0.1) is 0 Å². The maximum absolute atomic E-state index is 12.1. The summed E-state index contributed by atoms with van der Waals surface area (Å²) in [5.41, 5.74) is 0. The van der Waals surface area contributed by atoms with Crippen LogP contribution in [0.4, 0.5) is 0 Å². The second-order valence-corrected chi connectivity index (χ2v) is 5.87. The Morgan fingerprint density at radius 3 is 2.63 bits per heavy atom. The smallest absolute Gasteiger partial charge is 0.303 e. The average Bonchev–Trinajstić information content (AvgIpc) is 2.54. The third kappa shape index (κ3) is 6.08. The standard InChI is InChI=1S/C15H27NO3/c1-3-5-13-6-4-8-16(9-7-13)14(17)10-12(2)11-15(18)19/h12-13H,3-11H2,1-2H3,(H,18,19). The molecule has 0 radical (unpaired) electrons. The highest BCUT2D eigenvalue weighted by Gasteiger charge is 2.22. The van der Waals surface area contributed by atoms with E-state index in [1.165, 1.54) is 19.3 Å². The molecule has 1 aliphatic heterocycles. The highest BCUT2D eigenvalue weighted by Crippen LogP contribution is 2.23. The summed E-state index contributed by atoms with van der Waals surface area (Å²) >= 11 is 0. The Balaban J connectivity index is 2.38. The summed E-state index contributed by atoms with van der Waals surface area (Å²) in [4.78, 5) is 24.7. The van der Waals surface area contributed by atoms with Crippen molar-refractivity contribution in [3.63, 3.8) is 0 Å². The van der Waals surface area contributed by atoms with Crippen molar-refractivity contribution in [2.24, 2.45) is 11.8 Å². The number of carbonyl (C=O) groups is 2. The third-order valence-corrected chi connectivity index (χ3v) is 3.94.